The third kappa shape index (κ3) is 4.13. The van der Waals surface area contributed by atoms with Crippen LogP contribution in [0.4, 0.5) is 0 Å². The molecule has 2 rings (SSSR count). The molecule has 1 heterocycles. The fourth-order valence-electron chi connectivity index (χ4n) is 2.00. The molecule has 0 aliphatic carbocycles. The van der Waals surface area contributed by atoms with Crippen LogP contribution in [0.5, 0.6) is 0 Å². The monoisotopic (exact) mass is 305 g/mol. The lowest BCUT2D eigenvalue weighted by Gasteiger charge is -2.12. The van der Waals surface area contributed by atoms with E-state index in [0.717, 1.165) is 5.56 Å². The molecule has 21 heavy (non-hydrogen) atoms. The van der Waals surface area contributed by atoms with Gasteiger partial charge in [-0.3, -0.25) is 4.79 Å². The highest BCUT2D eigenvalue weighted by atomic mass is 32.2. The van der Waals surface area contributed by atoms with E-state index in [-0.39, 0.29) is 11.4 Å². The van der Waals surface area contributed by atoms with Crippen LogP contribution in [-0.2, 0) is 21.1 Å². The molecule has 1 N–H and O–H groups in total. The summed E-state index contributed by atoms with van der Waals surface area (Å²) in [5, 5.41) is 9.17. The van der Waals surface area contributed by atoms with Gasteiger partial charge < -0.3 is 5.11 Å². The number of nitrogens with zero attached hydrogens (tertiary/aromatic N) is 1. The zero-order chi connectivity index (χ0) is 15.3. The van der Waals surface area contributed by atoms with Crippen LogP contribution in [0.2, 0.25) is 0 Å². The van der Waals surface area contributed by atoms with Crippen LogP contribution in [0.3, 0.4) is 0 Å². The first kappa shape index (κ1) is 15.2. The summed E-state index contributed by atoms with van der Waals surface area (Å²) in [6.07, 6.45) is 1.54. The summed E-state index contributed by atoms with van der Waals surface area (Å²) >= 11 is 0. The van der Waals surface area contributed by atoms with Gasteiger partial charge in [-0.15, -0.1) is 0 Å². The Morgan fingerprint density at radius 2 is 1.76 bits per heavy atom. The van der Waals surface area contributed by atoms with E-state index in [2.05, 4.69) is 4.98 Å². The van der Waals surface area contributed by atoms with Crippen LogP contribution in [0.15, 0.2) is 59.8 Å². The molecule has 6 heteroatoms. The standard InChI is InChI=1S/C15H15NO4S/c17-15(18)13(10-12-6-2-1-3-7-12)11-21(19,20)14-8-4-5-9-16-14/h1-9,13H,10-11H2,(H,17,18). The number of hydrogen-bond acceptors (Lipinski definition) is 4. The second kappa shape index (κ2) is 6.49. The Hall–Kier alpha value is -2.21. The molecule has 1 aromatic carbocycles. The zero-order valence-electron chi connectivity index (χ0n) is 11.2. The lowest BCUT2D eigenvalue weighted by Crippen LogP contribution is -2.26. The van der Waals surface area contributed by atoms with E-state index < -0.39 is 27.5 Å². The maximum atomic E-state index is 12.2. The lowest BCUT2D eigenvalue weighted by molar-refractivity contribution is -0.140. The quantitative estimate of drug-likeness (QED) is 0.879. The summed E-state index contributed by atoms with van der Waals surface area (Å²) in [5.74, 6) is -2.59. The molecule has 1 unspecified atom stereocenters. The van der Waals surface area contributed by atoms with Crippen LogP contribution in [-0.4, -0.2) is 30.2 Å². The van der Waals surface area contributed by atoms with Crippen molar-refractivity contribution in [2.24, 2.45) is 5.92 Å². The van der Waals surface area contributed by atoms with Gasteiger partial charge in [0, 0.05) is 6.20 Å². The summed E-state index contributed by atoms with van der Waals surface area (Å²) in [4.78, 5) is 15.1. The SMILES string of the molecule is O=C(O)C(Cc1ccccc1)CS(=O)(=O)c1ccccn1. The lowest BCUT2D eigenvalue weighted by atomic mass is 10.0. The maximum absolute atomic E-state index is 12.2. The molecule has 0 fully saturated rings. The topological polar surface area (TPSA) is 84.3 Å². The number of rotatable bonds is 6. The molecule has 5 nitrogen and oxygen atoms in total. The molecule has 0 bridgehead atoms. The fraction of sp³-hybridized carbons (Fsp3) is 0.200. The van der Waals surface area contributed by atoms with E-state index in [1.807, 2.05) is 6.07 Å². The number of pyridine rings is 1. The van der Waals surface area contributed by atoms with Crippen LogP contribution in [0.25, 0.3) is 0 Å². The van der Waals surface area contributed by atoms with Crippen molar-refractivity contribution in [2.75, 3.05) is 5.75 Å². The van der Waals surface area contributed by atoms with E-state index in [1.54, 1.807) is 36.4 Å². The van der Waals surface area contributed by atoms with Crippen molar-refractivity contribution < 1.29 is 18.3 Å². The third-order valence-electron chi connectivity index (χ3n) is 3.05. The number of aromatic nitrogens is 1. The minimum absolute atomic E-state index is 0.0932. The van der Waals surface area contributed by atoms with E-state index in [1.165, 1.54) is 12.3 Å². The van der Waals surface area contributed by atoms with Gasteiger partial charge in [-0.05, 0) is 24.1 Å². The Morgan fingerprint density at radius 1 is 1.10 bits per heavy atom. The molecular weight excluding hydrogens is 290 g/mol. The summed E-state index contributed by atoms with van der Waals surface area (Å²) in [6.45, 7) is 0. The molecule has 0 aliphatic rings. The van der Waals surface area contributed by atoms with Gasteiger partial charge in [0.2, 0.25) is 0 Å². The van der Waals surface area contributed by atoms with Gasteiger partial charge in [-0.2, -0.15) is 0 Å². The summed E-state index contributed by atoms with van der Waals surface area (Å²) in [6, 6.07) is 13.5. The minimum atomic E-state index is -3.72. The van der Waals surface area contributed by atoms with Gasteiger partial charge in [-0.25, -0.2) is 13.4 Å². The maximum Gasteiger partial charge on any atom is 0.307 e. The smallest absolute Gasteiger partial charge is 0.307 e. The van der Waals surface area contributed by atoms with Crippen molar-refractivity contribution in [3.8, 4) is 0 Å². The van der Waals surface area contributed by atoms with Gasteiger partial charge in [0.1, 0.15) is 0 Å². The van der Waals surface area contributed by atoms with Crippen molar-refractivity contribution in [3.63, 3.8) is 0 Å². The first-order valence-corrected chi connectivity index (χ1v) is 8.05. The van der Waals surface area contributed by atoms with Gasteiger partial charge in [0.05, 0.1) is 11.7 Å². The number of hydrogen-bond donors (Lipinski definition) is 1. The Morgan fingerprint density at radius 3 is 2.33 bits per heavy atom. The summed E-state index contributed by atoms with van der Waals surface area (Å²) in [5.41, 5.74) is 0.793. The third-order valence-corrected chi connectivity index (χ3v) is 4.77. The van der Waals surface area contributed by atoms with Gasteiger partial charge in [0.15, 0.2) is 14.9 Å². The molecule has 1 atom stereocenters. The largest absolute Gasteiger partial charge is 0.481 e. The second-order valence-electron chi connectivity index (χ2n) is 4.67. The van der Waals surface area contributed by atoms with Gasteiger partial charge >= 0.3 is 5.97 Å². The molecule has 1 aromatic heterocycles. The Balaban J connectivity index is 2.19. The molecule has 0 radical (unpaired) electrons. The Labute approximate surface area is 123 Å². The van der Waals surface area contributed by atoms with E-state index in [9.17, 15) is 18.3 Å². The molecule has 0 spiro atoms. The highest BCUT2D eigenvalue weighted by molar-refractivity contribution is 7.91. The van der Waals surface area contributed by atoms with E-state index in [0.29, 0.717) is 0 Å². The summed E-state index contributed by atoms with van der Waals surface area (Å²) < 4.78 is 24.4. The highest BCUT2D eigenvalue weighted by Crippen LogP contribution is 2.16. The van der Waals surface area contributed by atoms with Crippen LogP contribution >= 0.6 is 0 Å². The summed E-state index contributed by atoms with van der Waals surface area (Å²) in [7, 11) is -3.72. The van der Waals surface area contributed by atoms with Crippen molar-refractivity contribution >= 4 is 15.8 Å². The minimum Gasteiger partial charge on any atom is -0.481 e. The Bertz CT molecular complexity index is 699. The number of sulfone groups is 1. The molecule has 0 saturated heterocycles. The molecule has 0 amide bonds. The van der Waals surface area contributed by atoms with Crippen molar-refractivity contribution in [1.29, 1.82) is 0 Å². The number of carboxylic acids is 1. The second-order valence-corrected chi connectivity index (χ2v) is 6.66. The van der Waals surface area contributed by atoms with E-state index >= 15 is 0 Å². The first-order valence-electron chi connectivity index (χ1n) is 6.39. The highest BCUT2D eigenvalue weighted by Gasteiger charge is 2.27. The van der Waals surface area contributed by atoms with Gasteiger partial charge in [0.25, 0.3) is 0 Å². The van der Waals surface area contributed by atoms with Crippen molar-refractivity contribution in [3.05, 3.63) is 60.3 Å². The molecule has 2 aromatic rings. The normalized spacial score (nSPS) is 12.8. The van der Waals surface area contributed by atoms with Gasteiger partial charge in [-0.1, -0.05) is 36.4 Å². The van der Waals surface area contributed by atoms with Crippen molar-refractivity contribution in [1.82, 2.24) is 4.98 Å². The predicted molar refractivity (Wildman–Crippen MR) is 77.6 cm³/mol. The average Bonchev–Trinajstić information content (AvgIpc) is 2.48. The number of carbonyl (C=O) groups is 1. The van der Waals surface area contributed by atoms with Crippen LogP contribution < -0.4 is 0 Å². The first-order chi connectivity index (χ1) is 9.99. The van der Waals surface area contributed by atoms with Crippen molar-refractivity contribution in [2.45, 2.75) is 11.4 Å². The average molecular weight is 305 g/mol. The van der Waals surface area contributed by atoms with Crippen LogP contribution in [0.1, 0.15) is 5.56 Å². The molecule has 110 valence electrons. The Kier molecular flexibility index (Phi) is 4.70. The molecule has 0 aliphatic heterocycles. The molecular formula is C15H15NO4S. The van der Waals surface area contributed by atoms with E-state index in [4.69, 9.17) is 0 Å². The molecule has 0 saturated carbocycles. The zero-order valence-corrected chi connectivity index (χ0v) is 12.0. The fourth-order valence-corrected chi connectivity index (χ4v) is 3.47. The number of benzene rings is 1. The number of aliphatic carboxylic acids is 1. The predicted octanol–water partition coefficient (Wildman–Crippen LogP) is 1.80. The van der Waals surface area contributed by atoms with Crippen LogP contribution in [0, 0.1) is 5.92 Å². The number of carboxylic acid groups (broad SMARTS) is 1.